The van der Waals surface area contributed by atoms with Crippen LogP contribution in [0, 0.1) is 12.8 Å². The fourth-order valence-corrected chi connectivity index (χ4v) is 4.09. The number of amides is 1. The summed E-state index contributed by atoms with van der Waals surface area (Å²) in [7, 11) is 0. The van der Waals surface area contributed by atoms with Crippen molar-refractivity contribution in [2.24, 2.45) is 11.7 Å². The number of hydrogen-bond donors (Lipinski definition) is 2. The van der Waals surface area contributed by atoms with E-state index in [0.29, 0.717) is 11.5 Å². The second-order valence-corrected chi connectivity index (χ2v) is 7.37. The van der Waals surface area contributed by atoms with Gasteiger partial charge in [-0.15, -0.1) is 11.3 Å². The number of aromatic nitrogens is 4. The first-order valence-corrected chi connectivity index (χ1v) is 8.73. The van der Waals surface area contributed by atoms with Gasteiger partial charge in [-0.05, 0) is 31.7 Å². The normalized spacial score (nSPS) is 17.0. The Bertz CT molecular complexity index is 915. The lowest BCUT2D eigenvalue weighted by atomic mass is 9.96. The van der Waals surface area contributed by atoms with E-state index in [0.717, 1.165) is 47.7 Å². The van der Waals surface area contributed by atoms with Crippen LogP contribution in [0.15, 0.2) is 18.6 Å². The molecule has 0 unspecified atom stereocenters. The molecule has 0 saturated carbocycles. The number of fused-ring (bicyclic) bond motifs is 2. The summed E-state index contributed by atoms with van der Waals surface area (Å²) in [5.74, 6) is 0.917. The third-order valence-electron chi connectivity index (χ3n) is 4.45. The molecule has 0 aliphatic carbocycles. The lowest BCUT2D eigenvalue weighted by Gasteiger charge is -2.24. The van der Waals surface area contributed by atoms with E-state index in [9.17, 15) is 4.79 Å². The molecule has 3 N–H and O–H groups in total. The number of nitrogens with zero attached hydrogens (tertiary/aromatic N) is 4. The van der Waals surface area contributed by atoms with Gasteiger partial charge in [-0.25, -0.2) is 9.97 Å². The van der Waals surface area contributed by atoms with Gasteiger partial charge in [0.15, 0.2) is 0 Å². The van der Waals surface area contributed by atoms with Gasteiger partial charge in [0.25, 0.3) is 5.91 Å². The number of thiophene rings is 1. The summed E-state index contributed by atoms with van der Waals surface area (Å²) in [5.41, 5.74) is 6.89. The molecule has 0 radical (unpaired) electrons. The minimum absolute atomic E-state index is 0.399. The molecular formula is C16H18N6OS. The molecule has 3 aromatic heterocycles. The fraction of sp³-hybridized carbons (Fsp3) is 0.375. The van der Waals surface area contributed by atoms with E-state index in [-0.39, 0.29) is 0 Å². The minimum Gasteiger partial charge on any atom is -0.369 e. The van der Waals surface area contributed by atoms with Crippen LogP contribution in [0.2, 0.25) is 0 Å². The summed E-state index contributed by atoms with van der Waals surface area (Å²) >= 11 is 1.67. The third-order valence-corrected chi connectivity index (χ3v) is 5.40. The number of hydrogen-bond acceptors (Lipinski definition) is 6. The maximum Gasteiger partial charge on any atom is 0.252 e. The highest BCUT2D eigenvalue weighted by molar-refractivity contribution is 7.18. The first-order valence-electron chi connectivity index (χ1n) is 7.91. The van der Waals surface area contributed by atoms with Crippen molar-refractivity contribution in [3.05, 3.63) is 34.7 Å². The topological polar surface area (TPSA) is 98.7 Å². The van der Waals surface area contributed by atoms with Gasteiger partial charge in [-0.1, -0.05) is 0 Å². The van der Waals surface area contributed by atoms with Crippen molar-refractivity contribution < 1.29 is 4.79 Å². The van der Waals surface area contributed by atoms with Crippen LogP contribution in [0.4, 0.5) is 5.82 Å². The van der Waals surface area contributed by atoms with Crippen molar-refractivity contribution in [3.8, 4) is 0 Å². The van der Waals surface area contributed by atoms with Crippen LogP contribution in [-0.2, 0) is 13.0 Å². The van der Waals surface area contributed by atoms with Crippen LogP contribution in [0.25, 0.3) is 10.2 Å². The Kier molecular flexibility index (Phi) is 3.68. The van der Waals surface area contributed by atoms with E-state index in [1.165, 1.54) is 4.88 Å². The standard InChI is InChI=1S/C16H18N6OS/c1-9-4-11-15(19-8-20-16(11)24-9)18-5-10-2-3-13-12(14(17)23)6-21-22(13)7-10/h4,6,8,10H,2-3,5,7H2,1H3,(H2,17,23)(H,18,19,20)/t10-/m0/s1. The molecule has 0 spiro atoms. The molecule has 4 heterocycles. The third kappa shape index (κ3) is 2.62. The molecule has 0 aromatic carbocycles. The molecule has 3 aromatic rings. The van der Waals surface area contributed by atoms with Crippen LogP contribution in [0.1, 0.15) is 27.3 Å². The second-order valence-electron chi connectivity index (χ2n) is 6.14. The maximum atomic E-state index is 11.4. The van der Waals surface area contributed by atoms with Crippen molar-refractivity contribution in [3.63, 3.8) is 0 Å². The molecule has 1 amide bonds. The smallest absolute Gasteiger partial charge is 0.252 e. The Labute approximate surface area is 142 Å². The second kappa shape index (κ2) is 5.86. The molecule has 1 aliphatic heterocycles. The number of anilines is 1. The molecular weight excluding hydrogens is 324 g/mol. The highest BCUT2D eigenvalue weighted by atomic mass is 32.1. The molecule has 0 bridgehead atoms. The van der Waals surface area contributed by atoms with Crippen LogP contribution in [0.3, 0.4) is 0 Å². The summed E-state index contributed by atoms with van der Waals surface area (Å²) in [6.45, 7) is 3.67. The van der Waals surface area contributed by atoms with Crippen molar-refractivity contribution in [2.75, 3.05) is 11.9 Å². The van der Waals surface area contributed by atoms with Crippen molar-refractivity contribution >= 4 is 33.3 Å². The SMILES string of the molecule is Cc1cc2c(NC[C@@H]3CCc4c(C(N)=O)cnn4C3)ncnc2s1. The Balaban J connectivity index is 1.47. The predicted octanol–water partition coefficient (Wildman–Crippen LogP) is 1.97. The highest BCUT2D eigenvalue weighted by Crippen LogP contribution is 2.28. The van der Waals surface area contributed by atoms with Gasteiger partial charge < -0.3 is 11.1 Å². The molecule has 7 nitrogen and oxygen atoms in total. The molecule has 24 heavy (non-hydrogen) atoms. The molecule has 8 heteroatoms. The number of aryl methyl sites for hydroxylation is 1. The Morgan fingerprint density at radius 2 is 2.38 bits per heavy atom. The number of nitrogens with two attached hydrogens (primary N) is 1. The highest BCUT2D eigenvalue weighted by Gasteiger charge is 2.24. The number of carbonyl (C=O) groups is 1. The Hall–Kier alpha value is -2.48. The summed E-state index contributed by atoms with van der Waals surface area (Å²) in [6, 6.07) is 2.12. The number of primary amides is 1. The average molecular weight is 342 g/mol. The van der Waals surface area contributed by atoms with Crippen LogP contribution < -0.4 is 11.1 Å². The van der Waals surface area contributed by atoms with Crippen LogP contribution >= 0.6 is 11.3 Å². The summed E-state index contributed by atoms with van der Waals surface area (Å²) in [5, 5.41) is 8.83. The quantitative estimate of drug-likeness (QED) is 0.755. The lowest BCUT2D eigenvalue weighted by molar-refractivity contribution is 0.0998. The summed E-state index contributed by atoms with van der Waals surface area (Å²) in [4.78, 5) is 22.3. The monoisotopic (exact) mass is 342 g/mol. The lowest BCUT2D eigenvalue weighted by Crippen LogP contribution is -2.28. The van der Waals surface area contributed by atoms with Gasteiger partial charge in [-0.2, -0.15) is 5.10 Å². The molecule has 0 saturated heterocycles. The van der Waals surface area contributed by atoms with E-state index in [4.69, 9.17) is 5.73 Å². The van der Waals surface area contributed by atoms with E-state index in [2.05, 4.69) is 33.4 Å². The van der Waals surface area contributed by atoms with Gasteiger partial charge in [0.1, 0.15) is 17.0 Å². The Morgan fingerprint density at radius 3 is 3.21 bits per heavy atom. The van der Waals surface area contributed by atoms with E-state index in [1.54, 1.807) is 23.9 Å². The first-order chi connectivity index (χ1) is 11.6. The van der Waals surface area contributed by atoms with Gasteiger partial charge in [-0.3, -0.25) is 9.48 Å². The number of carbonyl (C=O) groups excluding carboxylic acids is 1. The van der Waals surface area contributed by atoms with Crippen molar-refractivity contribution in [2.45, 2.75) is 26.3 Å². The summed E-state index contributed by atoms with van der Waals surface area (Å²) in [6.07, 6.45) is 5.00. The van der Waals surface area contributed by atoms with Crippen LogP contribution in [-0.4, -0.2) is 32.2 Å². The molecule has 0 fully saturated rings. The zero-order chi connectivity index (χ0) is 16.7. The zero-order valence-corrected chi connectivity index (χ0v) is 14.1. The summed E-state index contributed by atoms with van der Waals surface area (Å²) < 4.78 is 1.90. The van der Waals surface area contributed by atoms with Gasteiger partial charge in [0.2, 0.25) is 0 Å². The first kappa shape index (κ1) is 15.1. The van der Waals surface area contributed by atoms with E-state index in [1.807, 2.05) is 4.68 Å². The van der Waals surface area contributed by atoms with Gasteiger partial charge >= 0.3 is 0 Å². The predicted molar refractivity (Wildman–Crippen MR) is 93.2 cm³/mol. The minimum atomic E-state index is -0.399. The molecule has 1 atom stereocenters. The molecule has 4 rings (SSSR count). The van der Waals surface area contributed by atoms with Crippen LogP contribution in [0.5, 0.6) is 0 Å². The number of rotatable bonds is 4. The van der Waals surface area contributed by atoms with E-state index < -0.39 is 5.91 Å². The zero-order valence-electron chi connectivity index (χ0n) is 13.3. The van der Waals surface area contributed by atoms with Gasteiger partial charge in [0, 0.05) is 18.0 Å². The van der Waals surface area contributed by atoms with E-state index >= 15 is 0 Å². The average Bonchev–Trinajstić information content (AvgIpc) is 3.14. The van der Waals surface area contributed by atoms with Crippen molar-refractivity contribution in [1.82, 2.24) is 19.7 Å². The van der Waals surface area contributed by atoms with Crippen molar-refractivity contribution in [1.29, 1.82) is 0 Å². The number of nitrogens with one attached hydrogen (secondary N) is 1. The molecule has 124 valence electrons. The molecule has 1 aliphatic rings. The van der Waals surface area contributed by atoms with Gasteiger partial charge in [0.05, 0.1) is 22.8 Å². The largest absolute Gasteiger partial charge is 0.369 e. The Morgan fingerprint density at radius 1 is 1.50 bits per heavy atom. The maximum absolute atomic E-state index is 11.4. The fourth-order valence-electron chi connectivity index (χ4n) is 3.24.